The summed E-state index contributed by atoms with van der Waals surface area (Å²) in [5, 5.41) is 0. The molecule has 1 aliphatic heterocycles. The van der Waals surface area contributed by atoms with Crippen LogP contribution in [0.15, 0.2) is 23.2 Å². The van der Waals surface area contributed by atoms with E-state index in [0.717, 1.165) is 0 Å². The number of hydrogen-bond donors (Lipinski definition) is 1. The maximum atomic E-state index is 13.3. The van der Waals surface area contributed by atoms with E-state index in [2.05, 4.69) is 4.99 Å². The van der Waals surface area contributed by atoms with Crippen molar-refractivity contribution in [3.8, 4) is 0 Å². The summed E-state index contributed by atoms with van der Waals surface area (Å²) in [4.78, 5) is 3.79. The van der Waals surface area contributed by atoms with E-state index in [0.29, 0.717) is 6.07 Å². The Kier molecular flexibility index (Phi) is 5.26. The number of benzene rings is 1. The molecule has 0 unspecified atom stereocenters. The Hall–Kier alpha value is -1.88. The van der Waals surface area contributed by atoms with Crippen LogP contribution in [-0.2, 0) is 22.5 Å². The van der Waals surface area contributed by atoms with Gasteiger partial charge in [-0.2, -0.15) is 34.8 Å². The first-order chi connectivity index (χ1) is 11.7. The fourth-order valence-electron chi connectivity index (χ4n) is 2.57. The monoisotopic (exact) mass is 401 g/mol. The van der Waals surface area contributed by atoms with Gasteiger partial charge in [0, 0.05) is 16.8 Å². The molecule has 0 fully saturated rings. The highest BCUT2D eigenvalue weighted by molar-refractivity contribution is 7.85. The number of fused-ring (bicyclic) bond motifs is 1. The summed E-state index contributed by atoms with van der Waals surface area (Å²) in [6.07, 6.45) is -8.77. The third kappa shape index (κ3) is 4.64. The molecule has 0 aromatic heterocycles. The zero-order valence-electron chi connectivity index (χ0n) is 13.2. The van der Waals surface area contributed by atoms with Crippen molar-refractivity contribution in [1.82, 2.24) is 0 Å². The summed E-state index contributed by atoms with van der Waals surface area (Å²) in [5.74, 6) is -0.584. The Balaban J connectivity index is 2.50. The lowest BCUT2D eigenvalue weighted by molar-refractivity contribution is -0.143. The van der Waals surface area contributed by atoms with Crippen molar-refractivity contribution in [2.24, 2.45) is 4.99 Å². The van der Waals surface area contributed by atoms with Crippen LogP contribution in [0.3, 0.4) is 0 Å². The van der Waals surface area contributed by atoms with Gasteiger partial charge in [-0.15, -0.1) is 0 Å². The van der Waals surface area contributed by atoms with Crippen LogP contribution in [0.4, 0.5) is 32.0 Å². The van der Waals surface area contributed by atoms with Crippen molar-refractivity contribution in [2.75, 3.05) is 5.75 Å². The van der Waals surface area contributed by atoms with Crippen molar-refractivity contribution in [2.45, 2.75) is 32.1 Å². The van der Waals surface area contributed by atoms with Crippen LogP contribution >= 0.6 is 0 Å². The molecule has 0 spiro atoms. The molecule has 1 heterocycles. The van der Waals surface area contributed by atoms with Crippen molar-refractivity contribution >= 4 is 27.1 Å². The Morgan fingerprint density at radius 3 is 2.23 bits per heavy atom. The third-order valence-electron chi connectivity index (χ3n) is 3.65. The third-order valence-corrected chi connectivity index (χ3v) is 4.46. The van der Waals surface area contributed by atoms with Gasteiger partial charge in [-0.3, -0.25) is 9.55 Å². The van der Waals surface area contributed by atoms with Crippen LogP contribution < -0.4 is 0 Å². The summed E-state index contributed by atoms with van der Waals surface area (Å²) in [6, 6.07) is 0.589. The van der Waals surface area contributed by atoms with E-state index in [1.807, 2.05) is 0 Å². The van der Waals surface area contributed by atoms with Crippen LogP contribution in [0, 0.1) is 0 Å². The van der Waals surface area contributed by atoms with Gasteiger partial charge < -0.3 is 0 Å². The topological polar surface area (TPSA) is 66.7 Å². The minimum atomic E-state index is -5.03. The molecule has 1 N–H and O–H groups in total. The highest BCUT2D eigenvalue weighted by Gasteiger charge is 2.41. The molecule has 0 radical (unpaired) electrons. The number of halogens is 6. The quantitative estimate of drug-likeness (QED) is 0.444. The van der Waals surface area contributed by atoms with Gasteiger partial charge in [0.05, 0.1) is 22.6 Å². The molecule has 0 saturated carbocycles. The first-order valence-electron chi connectivity index (χ1n) is 7.24. The molecule has 2 rings (SSSR count). The number of alkyl halides is 6. The van der Waals surface area contributed by atoms with Crippen molar-refractivity contribution < 1.29 is 39.3 Å². The first kappa shape index (κ1) is 20.4. The zero-order chi connectivity index (χ0) is 19.9. The standard InChI is InChI=1S/C15H13F6NO3S/c1-8-10(4-2-3-5-26(23,24)25)13-11(15(19,20)21)6-9(14(16,17)18)7-12(13)22-8/h4,6-7H,2-3,5H2,1H3,(H,23,24,25)/b10-4+. The van der Waals surface area contributed by atoms with Gasteiger partial charge >= 0.3 is 12.4 Å². The zero-order valence-corrected chi connectivity index (χ0v) is 14.1. The Labute approximate surface area is 145 Å². The number of aliphatic imine (C=N–C) groups is 1. The minimum absolute atomic E-state index is 0.000255. The molecular formula is C15H13F6NO3S. The lowest BCUT2D eigenvalue weighted by Gasteiger charge is -2.16. The maximum absolute atomic E-state index is 13.3. The predicted molar refractivity (Wildman–Crippen MR) is 82.8 cm³/mol. The van der Waals surface area contributed by atoms with Crippen LogP contribution in [0.2, 0.25) is 0 Å². The van der Waals surface area contributed by atoms with E-state index < -0.39 is 50.6 Å². The van der Waals surface area contributed by atoms with E-state index in [4.69, 9.17) is 4.55 Å². The lowest BCUT2D eigenvalue weighted by atomic mass is 9.94. The molecular weight excluding hydrogens is 388 g/mol. The van der Waals surface area contributed by atoms with E-state index in [1.54, 1.807) is 0 Å². The molecule has 26 heavy (non-hydrogen) atoms. The summed E-state index contributed by atoms with van der Waals surface area (Å²) >= 11 is 0. The smallest absolute Gasteiger partial charge is 0.286 e. The molecule has 0 atom stereocenters. The number of rotatable bonds is 4. The molecule has 1 aromatic carbocycles. The molecule has 0 amide bonds. The summed E-state index contributed by atoms with van der Waals surface area (Å²) < 4.78 is 108. The van der Waals surface area contributed by atoms with Gasteiger partial charge in [-0.25, -0.2) is 0 Å². The van der Waals surface area contributed by atoms with Crippen molar-refractivity contribution in [1.29, 1.82) is 0 Å². The molecule has 1 aromatic rings. The minimum Gasteiger partial charge on any atom is -0.286 e. The number of unbranched alkanes of at least 4 members (excludes halogenated alkanes) is 1. The van der Waals surface area contributed by atoms with Crippen LogP contribution in [0.1, 0.15) is 36.5 Å². The van der Waals surface area contributed by atoms with E-state index in [-0.39, 0.29) is 30.2 Å². The number of hydrogen-bond acceptors (Lipinski definition) is 3. The Morgan fingerprint density at radius 1 is 1.12 bits per heavy atom. The molecule has 1 aliphatic rings. The molecule has 11 heteroatoms. The van der Waals surface area contributed by atoms with E-state index in [9.17, 15) is 34.8 Å². The van der Waals surface area contributed by atoms with Gasteiger partial charge in [0.1, 0.15) is 0 Å². The van der Waals surface area contributed by atoms with Crippen molar-refractivity contribution in [3.63, 3.8) is 0 Å². The number of allylic oxidation sites excluding steroid dienone is 2. The van der Waals surface area contributed by atoms with E-state index >= 15 is 0 Å². The van der Waals surface area contributed by atoms with Crippen LogP contribution in [0.5, 0.6) is 0 Å². The molecule has 4 nitrogen and oxygen atoms in total. The maximum Gasteiger partial charge on any atom is 0.417 e. The lowest BCUT2D eigenvalue weighted by Crippen LogP contribution is -2.13. The first-order valence-corrected chi connectivity index (χ1v) is 8.85. The van der Waals surface area contributed by atoms with Gasteiger partial charge in [0.15, 0.2) is 0 Å². The van der Waals surface area contributed by atoms with Gasteiger partial charge in [-0.05, 0) is 31.9 Å². The Morgan fingerprint density at radius 2 is 1.73 bits per heavy atom. The second kappa shape index (κ2) is 6.69. The fourth-order valence-corrected chi connectivity index (χ4v) is 3.10. The largest absolute Gasteiger partial charge is 0.417 e. The highest BCUT2D eigenvalue weighted by atomic mass is 32.2. The van der Waals surface area contributed by atoms with Gasteiger partial charge in [0.25, 0.3) is 10.1 Å². The predicted octanol–water partition coefficient (Wildman–Crippen LogP) is 4.88. The summed E-state index contributed by atoms with van der Waals surface area (Å²) in [6.45, 7) is 1.35. The molecule has 0 saturated heterocycles. The second-order valence-corrected chi connectivity index (χ2v) is 7.23. The van der Waals surface area contributed by atoms with Gasteiger partial charge in [-0.1, -0.05) is 6.08 Å². The van der Waals surface area contributed by atoms with Crippen molar-refractivity contribution in [3.05, 3.63) is 34.9 Å². The molecule has 0 bridgehead atoms. The average molecular weight is 401 g/mol. The average Bonchev–Trinajstić information content (AvgIpc) is 2.75. The summed E-state index contributed by atoms with van der Waals surface area (Å²) in [5.41, 5.74) is -3.72. The fraction of sp³-hybridized carbons (Fsp3) is 0.400. The Bertz CT molecular complexity index is 882. The SMILES string of the molecule is CC1=Nc2cc(C(F)(F)F)cc(C(F)(F)F)c2/C1=C/CCCS(=O)(=O)O. The second-order valence-electron chi connectivity index (χ2n) is 5.66. The summed E-state index contributed by atoms with van der Waals surface area (Å²) in [7, 11) is -4.21. The highest BCUT2D eigenvalue weighted by Crippen LogP contribution is 2.47. The van der Waals surface area contributed by atoms with Gasteiger partial charge in [0.2, 0.25) is 0 Å². The molecule has 0 aliphatic carbocycles. The molecule has 144 valence electrons. The van der Waals surface area contributed by atoms with Crippen LogP contribution in [-0.4, -0.2) is 24.4 Å². The van der Waals surface area contributed by atoms with Crippen LogP contribution in [0.25, 0.3) is 5.57 Å². The van der Waals surface area contributed by atoms with E-state index in [1.165, 1.54) is 13.0 Å². The number of nitrogens with zero attached hydrogens (tertiary/aromatic N) is 1. The normalized spacial score (nSPS) is 16.8.